The Morgan fingerprint density at radius 1 is 1.04 bits per heavy atom. The Morgan fingerprint density at radius 3 is 2.60 bits per heavy atom. The molecule has 4 rings (SSSR count). The summed E-state index contributed by atoms with van der Waals surface area (Å²) < 4.78 is 1.34. The zero-order chi connectivity index (χ0) is 17.4. The van der Waals surface area contributed by atoms with Crippen molar-refractivity contribution in [1.29, 1.82) is 0 Å². The van der Waals surface area contributed by atoms with Crippen molar-refractivity contribution in [3.63, 3.8) is 0 Å². The molecule has 0 bridgehead atoms. The lowest BCUT2D eigenvalue weighted by Crippen LogP contribution is -2.50. The van der Waals surface area contributed by atoms with Crippen LogP contribution in [0.2, 0.25) is 0 Å². The third kappa shape index (κ3) is 2.82. The van der Waals surface area contributed by atoms with E-state index in [4.69, 9.17) is 0 Å². The Balaban J connectivity index is 1.48. The molecule has 0 N–H and O–H groups in total. The molecule has 25 heavy (non-hydrogen) atoms. The normalized spacial score (nSPS) is 15.0. The molecule has 1 fully saturated rings. The topological polar surface area (TPSA) is 67.2 Å². The molecule has 0 atom stereocenters. The van der Waals surface area contributed by atoms with Crippen LogP contribution in [0.5, 0.6) is 0 Å². The standard InChI is InChI=1S/C18H20N6O/c1-13-5-6-15(12-14(13)2)22-8-10-23(11-9-22)18(25)24-16-4-3-7-19-17(16)20-21-24/h3-7,12H,8-11H2,1-2H3. The lowest BCUT2D eigenvalue weighted by Gasteiger charge is -2.36. The highest BCUT2D eigenvalue weighted by Gasteiger charge is 2.24. The fourth-order valence-electron chi connectivity index (χ4n) is 3.12. The van der Waals surface area contributed by atoms with E-state index >= 15 is 0 Å². The number of carbonyl (C=O) groups is 1. The summed E-state index contributed by atoms with van der Waals surface area (Å²) in [5.41, 5.74) is 4.93. The van der Waals surface area contributed by atoms with Crippen molar-refractivity contribution >= 4 is 22.9 Å². The van der Waals surface area contributed by atoms with Crippen LogP contribution >= 0.6 is 0 Å². The summed E-state index contributed by atoms with van der Waals surface area (Å²) in [5.74, 6) is 0. The van der Waals surface area contributed by atoms with Crippen LogP contribution in [0.15, 0.2) is 36.5 Å². The fourth-order valence-corrected chi connectivity index (χ4v) is 3.12. The predicted molar refractivity (Wildman–Crippen MR) is 95.8 cm³/mol. The number of fused-ring (bicyclic) bond motifs is 1. The number of aromatic nitrogens is 4. The van der Waals surface area contributed by atoms with Gasteiger partial charge in [-0.1, -0.05) is 11.3 Å². The number of pyridine rings is 1. The summed E-state index contributed by atoms with van der Waals surface area (Å²) in [5, 5.41) is 7.93. The van der Waals surface area contributed by atoms with Gasteiger partial charge in [0, 0.05) is 38.1 Å². The SMILES string of the molecule is Cc1ccc(N2CCN(C(=O)n3nnc4ncccc43)CC2)cc1C. The Bertz CT molecular complexity index is 926. The van der Waals surface area contributed by atoms with Crippen LogP contribution in [0.3, 0.4) is 0 Å². The van der Waals surface area contributed by atoms with Gasteiger partial charge in [0.2, 0.25) is 5.65 Å². The molecular weight excluding hydrogens is 316 g/mol. The number of aryl methyl sites for hydroxylation is 2. The number of nitrogens with zero attached hydrogens (tertiary/aromatic N) is 6. The second-order valence-corrected chi connectivity index (χ2v) is 6.37. The highest BCUT2D eigenvalue weighted by molar-refractivity contribution is 5.86. The van der Waals surface area contributed by atoms with Crippen LogP contribution in [0, 0.1) is 13.8 Å². The van der Waals surface area contributed by atoms with Crippen molar-refractivity contribution in [1.82, 2.24) is 24.9 Å². The van der Waals surface area contributed by atoms with Gasteiger partial charge in [0.1, 0.15) is 5.52 Å². The smallest absolute Gasteiger partial charge is 0.346 e. The molecular formula is C18H20N6O. The van der Waals surface area contributed by atoms with Gasteiger partial charge < -0.3 is 9.80 Å². The highest BCUT2D eigenvalue weighted by Crippen LogP contribution is 2.20. The maximum Gasteiger partial charge on any atom is 0.346 e. The van der Waals surface area contributed by atoms with Crippen molar-refractivity contribution in [2.75, 3.05) is 31.1 Å². The molecule has 0 aliphatic carbocycles. The zero-order valence-electron chi connectivity index (χ0n) is 14.4. The monoisotopic (exact) mass is 336 g/mol. The number of benzene rings is 1. The van der Waals surface area contributed by atoms with Crippen molar-refractivity contribution in [2.24, 2.45) is 0 Å². The number of anilines is 1. The van der Waals surface area contributed by atoms with Crippen molar-refractivity contribution in [3.8, 4) is 0 Å². The van der Waals surface area contributed by atoms with E-state index in [0.717, 1.165) is 13.1 Å². The van der Waals surface area contributed by atoms with Gasteiger partial charge in [-0.3, -0.25) is 0 Å². The van der Waals surface area contributed by atoms with E-state index in [1.807, 2.05) is 11.0 Å². The summed E-state index contributed by atoms with van der Waals surface area (Å²) in [7, 11) is 0. The van der Waals surface area contributed by atoms with Gasteiger partial charge >= 0.3 is 6.03 Å². The van der Waals surface area contributed by atoms with Crippen molar-refractivity contribution in [2.45, 2.75) is 13.8 Å². The second kappa shape index (κ2) is 6.16. The Kier molecular flexibility index (Phi) is 3.83. The molecule has 0 unspecified atom stereocenters. The molecule has 3 heterocycles. The average molecular weight is 336 g/mol. The van der Waals surface area contributed by atoms with E-state index in [1.165, 1.54) is 21.5 Å². The van der Waals surface area contributed by atoms with Gasteiger partial charge in [0.05, 0.1) is 0 Å². The molecule has 1 aliphatic rings. The molecule has 128 valence electrons. The third-order valence-electron chi connectivity index (χ3n) is 4.81. The number of carbonyl (C=O) groups excluding carboxylic acids is 1. The van der Waals surface area contributed by atoms with E-state index in [-0.39, 0.29) is 6.03 Å². The Labute approximate surface area is 145 Å². The molecule has 1 saturated heterocycles. The third-order valence-corrected chi connectivity index (χ3v) is 4.81. The van der Waals surface area contributed by atoms with Gasteiger partial charge in [-0.15, -0.1) is 5.10 Å². The first-order valence-electron chi connectivity index (χ1n) is 8.41. The van der Waals surface area contributed by atoms with Crippen LogP contribution in [0.25, 0.3) is 11.2 Å². The predicted octanol–water partition coefficient (Wildman–Crippen LogP) is 2.23. The van der Waals surface area contributed by atoms with Crippen LogP contribution in [0.1, 0.15) is 11.1 Å². The highest BCUT2D eigenvalue weighted by atomic mass is 16.2. The van der Waals surface area contributed by atoms with E-state index < -0.39 is 0 Å². The molecule has 1 aliphatic heterocycles. The van der Waals surface area contributed by atoms with E-state index in [1.54, 1.807) is 12.3 Å². The maximum absolute atomic E-state index is 12.8. The largest absolute Gasteiger partial charge is 0.368 e. The first-order valence-corrected chi connectivity index (χ1v) is 8.41. The fraction of sp³-hybridized carbons (Fsp3) is 0.333. The average Bonchev–Trinajstić information content (AvgIpc) is 3.08. The molecule has 7 nitrogen and oxygen atoms in total. The first-order chi connectivity index (χ1) is 12.1. The first kappa shape index (κ1) is 15.6. The van der Waals surface area contributed by atoms with Crippen LogP contribution in [0.4, 0.5) is 10.5 Å². The lowest BCUT2D eigenvalue weighted by atomic mass is 10.1. The Morgan fingerprint density at radius 2 is 1.84 bits per heavy atom. The van der Waals surface area contributed by atoms with Crippen LogP contribution < -0.4 is 4.90 Å². The zero-order valence-corrected chi connectivity index (χ0v) is 14.4. The minimum atomic E-state index is -0.143. The minimum Gasteiger partial charge on any atom is -0.368 e. The van der Waals surface area contributed by atoms with Crippen LogP contribution in [-0.2, 0) is 0 Å². The van der Waals surface area contributed by atoms with Crippen molar-refractivity contribution < 1.29 is 4.79 Å². The van der Waals surface area contributed by atoms with Gasteiger partial charge in [-0.2, -0.15) is 4.68 Å². The molecule has 0 saturated carbocycles. The van der Waals surface area contributed by atoms with Crippen LogP contribution in [-0.4, -0.2) is 57.1 Å². The quantitative estimate of drug-likeness (QED) is 0.682. The van der Waals surface area contributed by atoms with Gasteiger partial charge in [0.25, 0.3) is 0 Å². The molecule has 1 amide bonds. The van der Waals surface area contributed by atoms with E-state index in [0.29, 0.717) is 24.3 Å². The Hall–Kier alpha value is -2.96. The minimum absolute atomic E-state index is 0.143. The summed E-state index contributed by atoms with van der Waals surface area (Å²) in [6, 6.07) is 9.96. The lowest BCUT2D eigenvalue weighted by molar-refractivity contribution is 0.193. The van der Waals surface area contributed by atoms with E-state index in [9.17, 15) is 4.79 Å². The van der Waals surface area contributed by atoms with Crippen molar-refractivity contribution in [3.05, 3.63) is 47.7 Å². The molecule has 7 heteroatoms. The molecule has 0 spiro atoms. The summed E-state index contributed by atoms with van der Waals surface area (Å²) in [6.07, 6.45) is 1.65. The van der Waals surface area contributed by atoms with Gasteiger partial charge in [0.15, 0.2) is 0 Å². The number of piperazine rings is 1. The molecule has 3 aromatic rings. The number of hydrogen-bond acceptors (Lipinski definition) is 5. The van der Waals surface area contributed by atoms with Gasteiger partial charge in [-0.25, -0.2) is 9.78 Å². The molecule has 1 aromatic carbocycles. The summed E-state index contributed by atoms with van der Waals surface area (Å²) in [6.45, 7) is 7.18. The van der Waals surface area contributed by atoms with Gasteiger partial charge in [-0.05, 0) is 49.2 Å². The molecule has 0 radical (unpaired) electrons. The van der Waals surface area contributed by atoms with E-state index in [2.05, 4.69) is 52.2 Å². The number of hydrogen-bond donors (Lipinski definition) is 0. The molecule has 2 aromatic heterocycles. The maximum atomic E-state index is 12.8. The second-order valence-electron chi connectivity index (χ2n) is 6.37. The number of amides is 1. The summed E-state index contributed by atoms with van der Waals surface area (Å²) >= 11 is 0. The summed E-state index contributed by atoms with van der Waals surface area (Å²) in [4.78, 5) is 21.0. The number of rotatable bonds is 1.